The molecule has 0 heteroatoms. The minimum Gasteiger partial charge on any atom is -0.0622 e. The molecule has 0 aromatic heterocycles. The van der Waals surface area contributed by atoms with Gasteiger partial charge in [0, 0.05) is 0 Å². The van der Waals surface area contributed by atoms with Gasteiger partial charge in [-0.1, -0.05) is 13.3 Å². The zero-order chi connectivity index (χ0) is 4.85. The van der Waals surface area contributed by atoms with Gasteiger partial charge in [0.2, 0.25) is 0 Å². The Morgan fingerprint density at radius 2 is 2.14 bits per heavy atom. The van der Waals surface area contributed by atoms with Gasteiger partial charge in [-0.3, -0.25) is 0 Å². The predicted molar refractivity (Wildman–Crippen MR) is 30.0 cm³/mol. The van der Waals surface area contributed by atoms with Crippen molar-refractivity contribution in [2.75, 3.05) is 0 Å². The smallest absolute Gasteiger partial charge is 0.0357 e. The molecule has 0 unspecified atom stereocenters. The van der Waals surface area contributed by atoms with Crippen molar-refractivity contribution in [1.82, 2.24) is 0 Å². The first-order valence-corrected chi connectivity index (χ1v) is 3.38. The second-order valence-electron chi connectivity index (χ2n) is 3.21. The van der Waals surface area contributed by atoms with E-state index in [1.807, 2.05) is 0 Å². The fourth-order valence-corrected chi connectivity index (χ4v) is 1.99. The van der Waals surface area contributed by atoms with Gasteiger partial charge in [0.15, 0.2) is 0 Å². The highest BCUT2D eigenvalue weighted by Crippen LogP contribution is 2.54. The molecule has 0 heterocycles. The summed E-state index contributed by atoms with van der Waals surface area (Å²) >= 11 is 0. The van der Waals surface area contributed by atoms with Crippen LogP contribution >= 0.6 is 0 Å². The van der Waals surface area contributed by atoms with Crippen molar-refractivity contribution in [2.24, 2.45) is 17.8 Å². The van der Waals surface area contributed by atoms with Crippen LogP contribution in [0.5, 0.6) is 0 Å². The van der Waals surface area contributed by atoms with Crippen molar-refractivity contribution in [3.63, 3.8) is 0 Å². The summed E-state index contributed by atoms with van der Waals surface area (Å²) in [7, 11) is 0. The van der Waals surface area contributed by atoms with Crippen LogP contribution in [0.3, 0.4) is 0 Å². The fraction of sp³-hybridized carbons (Fsp3) is 1.00. The summed E-state index contributed by atoms with van der Waals surface area (Å²) in [6.45, 7) is 2.40. The SMILES string of the molecule is C[C@@H]1CC[C@H]2C[C@H]21. The van der Waals surface area contributed by atoms with E-state index in [9.17, 15) is 0 Å². The number of fused-ring (bicyclic) bond motifs is 1. The average molecular weight is 96.2 g/mol. The zero-order valence-electron chi connectivity index (χ0n) is 4.85. The highest BCUT2D eigenvalue weighted by atomic mass is 14.5. The summed E-state index contributed by atoms with van der Waals surface area (Å²) in [5.41, 5.74) is 0. The van der Waals surface area contributed by atoms with Crippen LogP contribution < -0.4 is 0 Å². The molecular formula is C7H12. The van der Waals surface area contributed by atoms with Crippen molar-refractivity contribution in [3.8, 4) is 0 Å². The molecule has 0 spiro atoms. The molecule has 0 saturated heterocycles. The molecule has 0 aliphatic heterocycles. The molecular weight excluding hydrogens is 84.1 g/mol. The number of hydrogen-bond acceptors (Lipinski definition) is 0. The van der Waals surface area contributed by atoms with Gasteiger partial charge in [0.05, 0.1) is 0 Å². The molecule has 0 N–H and O–H groups in total. The molecule has 0 aromatic rings. The number of hydrogen-bond donors (Lipinski definition) is 0. The summed E-state index contributed by atoms with van der Waals surface area (Å²) < 4.78 is 0. The Hall–Kier alpha value is 0. The summed E-state index contributed by atoms with van der Waals surface area (Å²) in [5.74, 6) is 3.46. The predicted octanol–water partition coefficient (Wildman–Crippen LogP) is 2.05. The van der Waals surface area contributed by atoms with Crippen molar-refractivity contribution >= 4 is 0 Å². The molecule has 40 valence electrons. The maximum atomic E-state index is 2.40. The molecule has 0 bridgehead atoms. The standard InChI is InChI=1S/C7H12/c1-5-2-3-6-4-7(5)6/h5-7H,2-4H2,1H3/t5-,6+,7+/m1/s1. The van der Waals surface area contributed by atoms with E-state index in [2.05, 4.69) is 6.92 Å². The van der Waals surface area contributed by atoms with Gasteiger partial charge >= 0.3 is 0 Å². The molecule has 2 fully saturated rings. The van der Waals surface area contributed by atoms with Gasteiger partial charge in [0.25, 0.3) is 0 Å². The Balaban J connectivity index is 2.08. The normalized spacial score (nSPS) is 57.0. The summed E-state index contributed by atoms with van der Waals surface area (Å²) in [6.07, 6.45) is 4.64. The Morgan fingerprint density at radius 1 is 1.29 bits per heavy atom. The first-order chi connectivity index (χ1) is 3.38. The third-order valence-electron chi connectivity index (χ3n) is 2.70. The third-order valence-corrected chi connectivity index (χ3v) is 2.70. The molecule has 0 aromatic carbocycles. The van der Waals surface area contributed by atoms with Gasteiger partial charge in [0.1, 0.15) is 0 Å². The van der Waals surface area contributed by atoms with E-state index in [4.69, 9.17) is 0 Å². The van der Waals surface area contributed by atoms with Crippen LogP contribution in [-0.4, -0.2) is 0 Å². The first kappa shape index (κ1) is 3.94. The van der Waals surface area contributed by atoms with Crippen LogP contribution in [0.15, 0.2) is 0 Å². The van der Waals surface area contributed by atoms with Gasteiger partial charge < -0.3 is 0 Å². The van der Waals surface area contributed by atoms with Crippen LogP contribution in [0.25, 0.3) is 0 Å². The van der Waals surface area contributed by atoms with Crippen molar-refractivity contribution in [2.45, 2.75) is 26.2 Å². The second kappa shape index (κ2) is 1.04. The summed E-state index contributed by atoms with van der Waals surface area (Å²) in [4.78, 5) is 0. The van der Waals surface area contributed by atoms with Crippen LogP contribution in [0.4, 0.5) is 0 Å². The fourth-order valence-electron chi connectivity index (χ4n) is 1.99. The van der Waals surface area contributed by atoms with Crippen LogP contribution in [0, 0.1) is 17.8 Å². The maximum absolute atomic E-state index is 2.40. The van der Waals surface area contributed by atoms with Gasteiger partial charge in [-0.15, -0.1) is 0 Å². The van der Waals surface area contributed by atoms with Crippen LogP contribution in [-0.2, 0) is 0 Å². The van der Waals surface area contributed by atoms with Crippen molar-refractivity contribution in [1.29, 1.82) is 0 Å². The van der Waals surface area contributed by atoms with Gasteiger partial charge in [-0.05, 0) is 30.6 Å². The van der Waals surface area contributed by atoms with E-state index >= 15 is 0 Å². The van der Waals surface area contributed by atoms with Crippen LogP contribution in [0.1, 0.15) is 26.2 Å². The molecule has 0 radical (unpaired) electrons. The summed E-state index contributed by atoms with van der Waals surface area (Å²) in [6, 6.07) is 0. The van der Waals surface area contributed by atoms with E-state index in [-0.39, 0.29) is 0 Å². The van der Waals surface area contributed by atoms with E-state index in [1.165, 1.54) is 18.3 Å². The lowest BCUT2D eigenvalue weighted by molar-refractivity contribution is 0.530. The lowest BCUT2D eigenvalue weighted by Gasteiger charge is -1.98. The van der Waals surface area contributed by atoms with Crippen molar-refractivity contribution in [3.05, 3.63) is 0 Å². The average Bonchev–Trinajstić information content (AvgIpc) is 2.33. The van der Waals surface area contributed by atoms with Crippen LogP contribution in [0.2, 0.25) is 0 Å². The molecule has 2 rings (SSSR count). The molecule has 2 aliphatic rings. The molecule has 0 nitrogen and oxygen atoms in total. The maximum Gasteiger partial charge on any atom is -0.0357 e. The van der Waals surface area contributed by atoms with Gasteiger partial charge in [-0.2, -0.15) is 0 Å². The lowest BCUT2D eigenvalue weighted by Crippen LogP contribution is -1.88. The Kier molecular flexibility index (Phi) is 0.586. The monoisotopic (exact) mass is 96.1 g/mol. The minimum absolute atomic E-state index is 1.09. The molecule has 3 atom stereocenters. The second-order valence-corrected chi connectivity index (χ2v) is 3.21. The largest absolute Gasteiger partial charge is 0.0622 e. The molecule has 2 saturated carbocycles. The highest BCUT2D eigenvalue weighted by molar-refractivity contribution is 4.95. The Bertz CT molecular complexity index is 86.0. The Labute approximate surface area is 44.9 Å². The molecule has 2 aliphatic carbocycles. The highest BCUT2D eigenvalue weighted by Gasteiger charge is 2.45. The van der Waals surface area contributed by atoms with Gasteiger partial charge in [-0.25, -0.2) is 0 Å². The van der Waals surface area contributed by atoms with E-state index < -0.39 is 0 Å². The topological polar surface area (TPSA) is 0 Å². The summed E-state index contributed by atoms with van der Waals surface area (Å²) in [5, 5.41) is 0. The number of rotatable bonds is 0. The molecule has 0 amide bonds. The minimum atomic E-state index is 1.09. The van der Waals surface area contributed by atoms with E-state index in [0.29, 0.717) is 0 Å². The zero-order valence-corrected chi connectivity index (χ0v) is 4.85. The lowest BCUT2D eigenvalue weighted by atomic mass is 10.1. The third kappa shape index (κ3) is 0.427. The Morgan fingerprint density at radius 3 is 2.29 bits per heavy atom. The van der Waals surface area contributed by atoms with E-state index in [0.717, 1.165) is 5.92 Å². The van der Waals surface area contributed by atoms with E-state index in [1.54, 1.807) is 12.8 Å². The first-order valence-electron chi connectivity index (χ1n) is 3.38. The quantitative estimate of drug-likeness (QED) is 0.433. The van der Waals surface area contributed by atoms with Crippen molar-refractivity contribution < 1.29 is 0 Å². The molecule has 7 heavy (non-hydrogen) atoms.